The van der Waals surface area contributed by atoms with Gasteiger partial charge in [-0.1, -0.05) is 38.1 Å². The van der Waals surface area contributed by atoms with Crippen molar-refractivity contribution >= 4 is 40.9 Å². The van der Waals surface area contributed by atoms with E-state index in [0.29, 0.717) is 30.4 Å². The molecule has 4 rings (SSSR count). The van der Waals surface area contributed by atoms with Crippen molar-refractivity contribution in [3.05, 3.63) is 54.1 Å². The minimum Gasteiger partial charge on any atom is -0.341 e. The van der Waals surface area contributed by atoms with E-state index in [-0.39, 0.29) is 24.3 Å². The summed E-state index contributed by atoms with van der Waals surface area (Å²) >= 11 is 1.29. The van der Waals surface area contributed by atoms with Gasteiger partial charge in [0.05, 0.1) is 5.69 Å². The first-order chi connectivity index (χ1) is 14.9. The third-order valence-corrected chi connectivity index (χ3v) is 6.93. The van der Waals surface area contributed by atoms with Gasteiger partial charge < -0.3 is 15.1 Å². The third kappa shape index (κ3) is 4.61. The molecule has 7 heteroatoms. The van der Waals surface area contributed by atoms with Gasteiger partial charge in [-0.2, -0.15) is 0 Å². The van der Waals surface area contributed by atoms with Gasteiger partial charge in [0.1, 0.15) is 6.54 Å². The van der Waals surface area contributed by atoms with Crippen LogP contribution in [0.3, 0.4) is 0 Å². The minimum absolute atomic E-state index is 0.133. The molecule has 31 heavy (non-hydrogen) atoms. The van der Waals surface area contributed by atoms with E-state index in [1.54, 1.807) is 4.90 Å². The molecular weight excluding hydrogens is 410 g/mol. The van der Waals surface area contributed by atoms with E-state index in [9.17, 15) is 14.4 Å². The van der Waals surface area contributed by atoms with Gasteiger partial charge in [-0.25, -0.2) is 0 Å². The maximum Gasteiger partial charge on any atom is 0.250 e. The number of likely N-dealkylation sites (tertiary alicyclic amines) is 1. The largest absolute Gasteiger partial charge is 0.341 e. The maximum absolute atomic E-state index is 13.3. The zero-order valence-corrected chi connectivity index (χ0v) is 18.7. The van der Waals surface area contributed by atoms with Crippen molar-refractivity contribution in [1.29, 1.82) is 0 Å². The van der Waals surface area contributed by atoms with Crippen LogP contribution in [0.25, 0.3) is 0 Å². The van der Waals surface area contributed by atoms with Crippen LogP contribution in [-0.2, 0) is 14.4 Å². The van der Waals surface area contributed by atoms with Gasteiger partial charge in [-0.3, -0.25) is 14.4 Å². The van der Waals surface area contributed by atoms with Crippen LogP contribution in [0.2, 0.25) is 0 Å². The number of carbonyl (C=O) groups excluding carboxylic acids is 3. The first-order valence-corrected chi connectivity index (χ1v) is 11.6. The van der Waals surface area contributed by atoms with Crippen LogP contribution in [-0.4, -0.2) is 47.5 Å². The zero-order valence-electron chi connectivity index (χ0n) is 17.8. The molecule has 6 nitrogen and oxygen atoms in total. The quantitative estimate of drug-likeness (QED) is 0.721. The Bertz CT molecular complexity index is 984. The van der Waals surface area contributed by atoms with E-state index >= 15 is 0 Å². The first kappa shape index (κ1) is 21.4. The monoisotopic (exact) mass is 437 g/mol. The van der Waals surface area contributed by atoms with Gasteiger partial charge in [0.15, 0.2) is 5.25 Å². The molecule has 0 aliphatic carbocycles. The summed E-state index contributed by atoms with van der Waals surface area (Å²) in [5, 5.41) is 2.03. The number of thioether (sulfide) groups is 1. The topological polar surface area (TPSA) is 69.7 Å². The fourth-order valence-corrected chi connectivity index (χ4v) is 5.12. The highest BCUT2D eigenvalue weighted by Crippen LogP contribution is 2.40. The second-order valence-corrected chi connectivity index (χ2v) is 9.39. The molecule has 0 radical (unpaired) electrons. The average Bonchev–Trinajstić information content (AvgIpc) is 3.30. The molecule has 2 aliphatic rings. The Hall–Kier alpha value is -2.80. The molecular formula is C24H27N3O3S. The van der Waals surface area contributed by atoms with Crippen molar-refractivity contribution < 1.29 is 14.4 Å². The number of para-hydroxylation sites is 1. The summed E-state index contributed by atoms with van der Waals surface area (Å²) in [6, 6.07) is 15.2. The molecule has 0 spiro atoms. The SMILES string of the molecule is CC(C)c1ccc(NC(=O)CN2C(=O)C(C(=O)N3CCCC3)Sc3ccccc32)cc1. The highest BCUT2D eigenvalue weighted by molar-refractivity contribution is 8.01. The van der Waals surface area contributed by atoms with Gasteiger partial charge >= 0.3 is 0 Å². The van der Waals surface area contributed by atoms with Gasteiger partial charge in [-0.05, 0) is 48.6 Å². The van der Waals surface area contributed by atoms with E-state index in [4.69, 9.17) is 0 Å². The van der Waals surface area contributed by atoms with E-state index in [2.05, 4.69) is 19.2 Å². The number of hydrogen-bond donors (Lipinski definition) is 1. The van der Waals surface area contributed by atoms with Crippen molar-refractivity contribution in [3.63, 3.8) is 0 Å². The first-order valence-electron chi connectivity index (χ1n) is 10.7. The number of anilines is 2. The predicted molar refractivity (Wildman–Crippen MR) is 123 cm³/mol. The Balaban J connectivity index is 1.51. The number of carbonyl (C=O) groups is 3. The van der Waals surface area contributed by atoms with Gasteiger partial charge in [0.2, 0.25) is 11.8 Å². The van der Waals surface area contributed by atoms with Crippen LogP contribution in [0.1, 0.15) is 38.2 Å². The minimum atomic E-state index is -0.842. The van der Waals surface area contributed by atoms with Crippen LogP contribution < -0.4 is 10.2 Å². The lowest BCUT2D eigenvalue weighted by Gasteiger charge is -2.34. The van der Waals surface area contributed by atoms with Crippen LogP contribution in [0.15, 0.2) is 53.4 Å². The lowest BCUT2D eigenvalue weighted by atomic mass is 10.0. The number of nitrogens with one attached hydrogen (secondary N) is 1. The maximum atomic E-state index is 13.3. The fraction of sp³-hybridized carbons (Fsp3) is 0.375. The average molecular weight is 438 g/mol. The Morgan fingerprint density at radius 3 is 2.42 bits per heavy atom. The lowest BCUT2D eigenvalue weighted by Crippen LogP contribution is -2.51. The molecule has 2 aromatic carbocycles. The van der Waals surface area contributed by atoms with Crippen molar-refractivity contribution in [2.45, 2.75) is 42.8 Å². The Morgan fingerprint density at radius 2 is 1.74 bits per heavy atom. The van der Waals surface area contributed by atoms with Gasteiger partial charge in [0, 0.05) is 23.7 Å². The molecule has 0 aromatic heterocycles. The number of benzene rings is 2. The molecule has 2 aromatic rings. The lowest BCUT2D eigenvalue weighted by molar-refractivity contribution is -0.134. The molecule has 3 amide bonds. The van der Waals surface area contributed by atoms with Crippen LogP contribution in [0.4, 0.5) is 11.4 Å². The third-order valence-electron chi connectivity index (χ3n) is 5.70. The molecule has 1 N–H and O–H groups in total. The van der Waals surface area contributed by atoms with Crippen LogP contribution in [0, 0.1) is 0 Å². The van der Waals surface area contributed by atoms with E-state index in [0.717, 1.165) is 17.7 Å². The number of rotatable bonds is 5. The highest BCUT2D eigenvalue weighted by Gasteiger charge is 2.41. The van der Waals surface area contributed by atoms with E-state index < -0.39 is 5.25 Å². The fourth-order valence-electron chi connectivity index (χ4n) is 3.94. The van der Waals surface area contributed by atoms with Crippen LogP contribution >= 0.6 is 11.8 Å². The highest BCUT2D eigenvalue weighted by atomic mass is 32.2. The molecule has 1 saturated heterocycles. The van der Waals surface area contributed by atoms with Crippen molar-refractivity contribution in [1.82, 2.24) is 4.90 Å². The summed E-state index contributed by atoms with van der Waals surface area (Å²) in [7, 11) is 0. The summed E-state index contributed by atoms with van der Waals surface area (Å²) < 4.78 is 0. The Morgan fingerprint density at radius 1 is 1.06 bits per heavy atom. The van der Waals surface area contributed by atoms with Gasteiger partial charge in [0.25, 0.3) is 5.91 Å². The second kappa shape index (κ2) is 9.14. The van der Waals surface area contributed by atoms with E-state index in [1.807, 2.05) is 48.5 Å². The van der Waals surface area contributed by atoms with Crippen molar-refractivity contribution in [2.24, 2.45) is 0 Å². The Kier molecular flexibility index (Phi) is 6.32. The molecule has 1 atom stereocenters. The molecule has 1 unspecified atom stereocenters. The number of hydrogen-bond acceptors (Lipinski definition) is 4. The summed E-state index contributed by atoms with van der Waals surface area (Å²) in [5.41, 5.74) is 2.55. The van der Waals surface area contributed by atoms with E-state index in [1.165, 1.54) is 22.2 Å². The number of amides is 3. The standard InChI is InChI=1S/C24H27N3O3S/c1-16(2)17-9-11-18(12-10-17)25-21(28)15-27-19-7-3-4-8-20(19)31-22(24(27)30)23(29)26-13-5-6-14-26/h3-4,7-12,16,22H,5-6,13-15H2,1-2H3,(H,25,28). The Labute approximate surface area is 187 Å². The molecule has 2 heterocycles. The normalized spacial score (nSPS) is 18.3. The van der Waals surface area contributed by atoms with Crippen molar-refractivity contribution in [3.8, 4) is 0 Å². The van der Waals surface area contributed by atoms with Crippen molar-refractivity contribution in [2.75, 3.05) is 29.9 Å². The molecule has 0 bridgehead atoms. The second-order valence-electron chi connectivity index (χ2n) is 8.25. The zero-order chi connectivity index (χ0) is 22.0. The number of fused-ring (bicyclic) bond motifs is 1. The molecule has 162 valence electrons. The molecule has 0 saturated carbocycles. The summed E-state index contributed by atoms with van der Waals surface area (Å²) in [6.45, 7) is 5.48. The summed E-state index contributed by atoms with van der Waals surface area (Å²) in [4.78, 5) is 43.1. The summed E-state index contributed by atoms with van der Waals surface area (Å²) in [6.07, 6.45) is 1.94. The van der Waals surface area contributed by atoms with Gasteiger partial charge in [-0.15, -0.1) is 11.8 Å². The summed E-state index contributed by atoms with van der Waals surface area (Å²) in [5.74, 6) is -0.364. The molecule has 1 fully saturated rings. The number of nitrogens with zero attached hydrogens (tertiary/aromatic N) is 2. The smallest absolute Gasteiger partial charge is 0.250 e. The predicted octanol–water partition coefficient (Wildman–Crippen LogP) is 3.88. The molecule has 2 aliphatic heterocycles. The van der Waals surface area contributed by atoms with Crippen LogP contribution in [0.5, 0.6) is 0 Å².